The Labute approximate surface area is 81.9 Å². The number of benzene rings is 1. The number of hydrogen-bond donors (Lipinski definition) is 1. The lowest BCUT2D eigenvalue weighted by molar-refractivity contribution is -0.117. The minimum atomic E-state index is -0.0475. The number of rotatable bonds is 2. The van der Waals surface area contributed by atoms with Crippen LogP contribution in [0, 0.1) is 0 Å². The van der Waals surface area contributed by atoms with Gasteiger partial charge in [0.2, 0.25) is 5.91 Å². The van der Waals surface area contributed by atoms with Gasteiger partial charge in [-0.2, -0.15) is 0 Å². The molecule has 2 nitrogen and oxygen atoms in total. The van der Waals surface area contributed by atoms with Crippen LogP contribution >= 0.6 is 11.6 Å². The van der Waals surface area contributed by atoms with Crippen LogP contribution in [-0.4, -0.2) is 11.8 Å². The van der Waals surface area contributed by atoms with Crippen LogP contribution < -0.4 is 5.32 Å². The van der Waals surface area contributed by atoms with Gasteiger partial charge >= 0.3 is 0 Å². The van der Waals surface area contributed by atoms with Gasteiger partial charge in [-0.3, -0.25) is 4.79 Å². The molecule has 68 valence electrons. The zero-order valence-electron chi connectivity index (χ0n) is 7.09. The molecular weight excluding hydrogens is 186 g/mol. The van der Waals surface area contributed by atoms with Crippen molar-refractivity contribution in [3.63, 3.8) is 0 Å². The molecule has 1 amide bonds. The monoisotopic (exact) mass is 195 g/mol. The van der Waals surface area contributed by atoms with Crippen LogP contribution in [0.5, 0.6) is 0 Å². The molecule has 2 rings (SSSR count). The third kappa shape index (κ3) is 1.42. The Kier molecular flexibility index (Phi) is 2.23. The second-order valence-corrected chi connectivity index (χ2v) is 3.48. The second-order valence-electron chi connectivity index (χ2n) is 3.11. The number of halogens is 1. The molecule has 1 unspecified atom stereocenters. The molecule has 0 aliphatic carbocycles. The molecule has 1 heterocycles. The van der Waals surface area contributed by atoms with Crippen LogP contribution in [0.25, 0.3) is 0 Å². The highest BCUT2D eigenvalue weighted by molar-refractivity contribution is 6.18. The van der Waals surface area contributed by atoms with E-state index in [-0.39, 0.29) is 11.8 Å². The summed E-state index contributed by atoms with van der Waals surface area (Å²) in [4.78, 5) is 11.5. The van der Waals surface area contributed by atoms with Crippen molar-refractivity contribution in [2.24, 2.45) is 0 Å². The second kappa shape index (κ2) is 3.38. The normalized spacial score (nSPS) is 19.8. The summed E-state index contributed by atoms with van der Waals surface area (Å²) in [7, 11) is 0. The van der Waals surface area contributed by atoms with Crippen LogP contribution in [0.15, 0.2) is 24.3 Å². The number of para-hydroxylation sites is 1. The molecule has 1 atom stereocenters. The Morgan fingerprint density at radius 3 is 2.92 bits per heavy atom. The first kappa shape index (κ1) is 8.57. The predicted molar refractivity (Wildman–Crippen MR) is 53.1 cm³/mol. The van der Waals surface area contributed by atoms with E-state index in [0.29, 0.717) is 12.3 Å². The van der Waals surface area contributed by atoms with E-state index in [2.05, 4.69) is 5.32 Å². The topological polar surface area (TPSA) is 29.1 Å². The van der Waals surface area contributed by atoms with Crippen LogP contribution in [0.1, 0.15) is 17.9 Å². The quantitative estimate of drug-likeness (QED) is 0.722. The molecule has 13 heavy (non-hydrogen) atoms. The number of carbonyl (C=O) groups is 1. The zero-order valence-corrected chi connectivity index (χ0v) is 7.84. The molecule has 0 aromatic heterocycles. The Balaban J connectivity index is 2.35. The standard InChI is InChI=1S/C10H10ClNO/c11-6-5-8-7-3-1-2-4-9(7)12-10(8)13/h1-4,8H,5-6H2,(H,12,13). The molecule has 1 aliphatic heterocycles. The van der Waals surface area contributed by atoms with E-state index >= 15 is 0 Å². The number of fused-ring (bicyclic) bond motifs is 1. The molecule has 0 spiro atoms. The highest BCUT2D eigenvalue weighted by atomic mass is 35.5. The minimum Gasteiger partial charge on any atom is -0.325 e. The molecular formula is C10H10ClNO. The molecule has 0 saturated heterocycles. The molecule has 1 aromatic rings. The third-order valence-electron chi connectivity index (χ3n) is 2.31. The van der Waals surface area contributed by atoms with Gasteiger partial charge < -0.3 is 5.32 Å². The number of hydrogen-bond acceptors (Lipinski definition) is 1. The van der Waals surface area contributed by atoms with Crippen molar-refractivity contribution in [3.05, 3.63) is 29.8 Å². The molecule has 0 fully saturated rings. The Hall–Kier alpha value is -1.02. The lowest BCUT2D eigenvalue weighted by Crippen LogP contribution is -2.12. The molecule has 1 N–H and O–H groups in total. The summed E-state index contributed by atoms with van der Waals surface area (Å²) >= 11 is 5.63. The maximum Gasteiger partial charge on any atom is 0.232 e. The molecule has 1 aromatic carbocycles. The van der Waals surface area contributed by atoms with Gasteiger partial charge in [0.25, 0.3) is 0 Å². The summed E-state index contributed by atoms with van der Waals surface area (Å²) in [5.41, 5.74) is 2.01. The van der Waals surface area contributed by atoms with E-state index in [1.165, 1.54) is 0 Å². The SMILES string of the molecule is O=C1Nc2ccccc2C1CCCl. The van der Waals surface area contributed by atoms with E-state index in [9.17, 15) is 4.79 Å². The summed E-state index contributed by atoms with van der Waals surface area (Å²) in [6.45, 7) is 0. The Bertz CT molecular complexity index is 337. The first-order chi connectivity index (χ1) is 6.33. The highest BCUT2D eigenvalue weighted by Crippen LogP contribution is 2.34. The van der Waals surface area contributed by atoms with Gasteiger partial charge in [0, 0.05) is 11.6 Å². The van der Waals surface area contributed by atoms with Gasteiger partial charge in [-0.15, -0.1) is 11.6 Å². The van der Waals surface area contributed by atoms with E-state index in [1.54, 1.807) is 0 Å². The Morgan fingerprint density at radius 1 is 1.38 bits per heavy atom. The fraction of sp³-hybridized carbons (Fsp3) is 0.300. The number of anilines is 1. The number of alkyl halides is 1. The molecule has 0 saturated carbocycles. The number of carbonyl (C=O) groups excluding carboxylic acids is 1. The summed E-state index contributed by atoms with van der Waals surface area (Å²) in [5, 5.41) is 2.83. The first-order valence-corrected chi connectivity index (χ1v) is 4.82. The summed E-state index contributed by atoms with van der Waals surface area (Å²) in [5.74, 6) is 0.544. The van der Waals surface area contributed by atoms with Crippen molar-refractivity contribution in [1.29, 1.82) is 0 Å². The molecule has 3 heteroatoms. The summed E-state index contributed by atoms with van der Waals surface area (Å²) in [6, 6.07) is 7.76. The van der Waals surface area contributed by atoms with Gasteiger partial charge in [-0.1, -0.05) is 18.2 Å². The van der Waals surface area contributed by atoms with Gasteiger partial charge in [-0.25, -0.2) is 0 Å². The van der Waals surface area contributed by atoms with Crippen molar-refractivity contribution in [2.75, 3.05) is 11.2 Å². The van der Waals surface area contributed by atoms with Gasteiger partial charge in [0.05, 0.1) is 5.92 Å². The zero-order chi connectivity index (χ0) is 9.26. The van der Waals surface area contributed by atoms with Gasteiger partial charge in [0.15, 0.2) is 0 Å². The van der Waals surface area contributed by atoms with Crippen molar-refractivity contribution in [3.8, 4) is 0 Å². The van der Waals surface area contributed by atoms with E-state index in [1.807, 2.05) is 24.3 Å². The van der Waals surface area contributed by atoms with Gasteiger partial charge in [0.1, 0.15) is 0 Å². The maximum atomic E-state index is 11.5. The lowest BCUT2D eigenvalue weighted by atomic mass is 9.98. The average molecular weight is 196 g/mol. The van der Waals surface area contributed by atoms with E-state index in [4.69, 9.17) is 11.6 Å². The van der Waals surface area contributed by atoms with Crippen LogP contribution in [-0.2, 0) is 4.79 Å². The smallest absolute Gasteiger partial charge is 0.232 e. The first-order valence-electron chi connectivity index (χ1n) is 4.28. The van der Waals surface area contributed by atoms with Gasteiger partial charge in [-0.05, 0) is 18.1 Å². The van der Waals surface area contributed by atoms with E-state index in [0.717, 1.165) is 11.3 Å². The molecule has 0 bridgehead atoms. The van der Waals surface area contributed by atoms with E-state index < -0.39 is 0 Å². The average Bonchev–Trinajstić information content (AvgIpc) is 2.44. The fourth-order valence-electron chi connectivity index (χ4n) is 1.67. The fourth-order valence-corrected chi connectivity index (χ4v) is 1.89. The van der Waals surface area contributed by atoms with Crippen LogP contribution in [0.4, 0.5) is 5.69 Å². The largest absolute Gasteiger partial charge is 0.325 e. The predicted octanol–water partition coefficient (Wildman–Crippen LogP) is 2.35. The maximum absolute atomic E-state index is 11.5. The third-order valence-corrected chi connectivity index (χ3v) is 2.53. The Morgan fingerprint density at radius 2 is 2.15 bits per heavy atom. The van der Waals surface area contributed by atoms with Crippen molar-refractivity contribution < 1.29 is 4.79 Å². The number of nitrogens with one attached hydrogen (secondary N) is 1. The summed E-state index contributed by atoms with van der Waals surface area (Å²) in [6.07, 6.45) is 0.713. The number of amides is 1. The van der Waals surface area contributed by atoms with Crippen LogP contribution in [0.3, 0.4) is 0 Å². The van der Waals surface area contributed by atoms with Crippen LogP contribution in [0.2, 0.25) is 0 Å². The van der Waals surface area contributed by atoms with Crippen molar-refractivity contribution >= 4 is 23.2 Å². The summed E-state index contributed by atoms with van der Waals surface area (Å²) < 4.78 is 0. The molecule has 0 radical (unpaired) electrons. The highest BCUT2D eigenvalue weighted by Gasteiger charge is 2.28. The van der Waals surface area contributed by atoms with Crippen molar-refractivity contribution in [2.45, 2.75) is 12.3 Å². The van der Waals surface area contributed by atoms with Crippen molar-refractivity contribution in [1.82, 2.24) is 0 Å². The lowest BCUT2D eigenvalue weighted by Gasteiger charge is -2.04. The minimum absolute atomic E-state index is 0.0475. The molecule has 1 aliphatic rings.